The number of aryl methyl sites for hydroxylation is 1. The molecule has 1 fully saturated rings. The second-order valence-corrected chi connectivity index (χ2v) is 9.54. The third-order valence-corrected chi connectivity index (χ3v) is 6.84. The highest BCUT2D eigenvalue weighted by Gasteiger charge is 2.23. The van der Waals surface area contributed by atoms with Gasteiger partial charge in [0.2, 0.25) is 11.8 Å². The molecule has 0 spiro atoms. The van der Waals surface area contributed by atoms with Crippen LogP contribution in [-0.4, -0.2) is 61.9 Å². The molecule has 3 aromatic rings. The summed E-state index contributed by atoms with van der Waals surface area (Å²) in [6, 6.07) is 8.64. The van der Waals surface area contributed by atoms with Crippen molar-refractivity contribution in [2.45, 2.75) is 51.1 Å². The lowest BCUT2D eigenvalue weighted by atomic mass is 9.90. The lowest BCUT2D eigenvalue weighted by molar-refractivity contribution is 0.221. The van der Waals surface area contributed by atoms with Gasteiger partial charge in [-0.25, -0.2) is 14.2 Å². The molecule has 10 heteroatoms. The summed E-state index contributed by atoms with van der Waals surface area (Å²) in [5.41, 5.74) is 3.76. The highest BCUT2D eigenvalue weighted by atomic mass is 32.2. The molecule has 182 valence electrons. The molecule has 0 amide bonds. The van der Waals surface area contributed by atoms with Gasteiger partial charge in [-0.3, -0.25) is 9.27 Å². The number of pyridine rings is 1. The Morgan fingerprint density at radius 1 is 1.18 bits per heavy atom. The molecule has 0 aliphatic heterocycles. The fraction of sp³-hybridized carbons (Fsp3) is 0.458. The molecule has 4 rings (SSSR count). The maximum atomic E-state index is 11.0. The van der Waals surface area contributed by atoms with Crippen LogP contribution in [0.15, 0.2) is 30.5 Å². The molecule has 34 heavy (non-hydrogen) atoms. The molecule has 0 bridgehead atoms. The van der Waals surface area contributed by atoms with Crippen molar-refractivity contribution in [1.29, 1.82) is 0 Å². The lowest BCUT2D eigenvalue weighted by Crippen LogP contribution is -2.36. The molecule has 2 aromatic heterocycles. The standard InChI is InChI=1S/C24H32N6O3S/c1-5-15-12-16(20-10-11-21(29-34(31)32)27-23(20)33-4)13-17-14-25-24(28-22(15)17)26-18-6-8-19(9-7-18)30(2)3/h10-14,18-19H,5-9H2,1-4H3,(H,27,29)(H,31,32)(H,25,26,28). The van der Waals surface area contributed by atoms with Crippen LogP contribution in [-0.2, 0) is 17.7 Å². The quantitative estimate of drug-likeness (QED) is 0.410. The van der Waals surface area contributed by atoms with Gasteiger partial charge >= 0.3 is 0 Å². The molecule has 1 aliphatic rings. The van der Waals surface area contributed by atoms with E-state index in [9.17, 15) is 4.21 Å². The van der Waals surface area contributed by atoms with Crippen LogP contribution in [0.5, 0.6) is 5.88 Å². The Morgan fingerprint density at radius 3 is 2.59 bits per heavy atom. The largest absolute Gasteiger partial charge is 0.480 e. The minimum atomic E-state index is -2.20. The predicted molar refractivity (Wildman–Crippen MR) is 136 cm³/mol. The molecule has 2 heterocycles. The summed E-state index contributed by atoms with van der Waals surface area (Å²) in [6.07, 6.45) is 7.27. The van der Waals surface area contributed by atoms with E-state index in [1.165, 1.54) is 20.0 Å². The van der Waals surface area contributed by atoms with Crippen LogP contribution >= 0.6 is 0 Å². The number of fused-ring (bicyclic) bond motifs is 1. The van der Waals surface area contributed by atoms with Gasteiger partial charge < -0.3 is 15.0 Å². The van der Waals surface area contributed by atoms with E-state index in [1.54, 1.807) is 6.07 Å². The Morgan fingerprint density at radius 2 is 1.94 bits per heavy atom. The van der Waals surface area contributed by atoms with Gasteiger partial charge in [-0.2, -0.15) is 4.98 Å². The van der Waals surface area contributed by atoms with Gasteiger partial charge in [0.15, 0.2) is 0 Å². The van der Waals surface area contributed by atoms with Crippen molar-refractivity contribution >= 4 is 33.9 Å². The number of ether oxygens (including phenoxy) is 1. The van der Waals surface area contributed by atoms with Crippen LogP contribution in [0.1, 0.15) is 38.2 Å². The van der Waals surface area contributed by atoms with Crippen LogP contribution in [0.2, 0.25) is 0 Å². The van der Waals surface area contributed by atoms with Gasteiger partial charge in [-0.05, 0) is 81.6 Å². The van der Waals surface area contributed by atoms with Gasteiger partial charge in [0.25, 0.3) is 11.3 Å². The number of nitrogens with zero attached hydrogens (tertiary/aromatic N) is 4. The number of methoxy groups -OCH3 is 1. The molecule has 1 atom stereocenters. The van der Waals surface area contributed by atoms with Crippen LogP contribution in [0.25, 0.3) is 22.0 Å². The summed E-state index contributed by atoms with van der Waals surface area (Å²) in [5.74, 6) is 1.30. The fourth-order valence-electron chi connectivity index (χ4n) is 4.59. The summed E-state index contributed by atoms with van der Waals surface area (Å²) in [4.78, 5) is 16.1. The first-order valence-electron chi connectivity index (χ1n) is 11.5. The van der Waals surface area contributed by atoms with Crippen molar-refractivity contribution in [2.75, 3.05) is 31.2 Å². The smallest absolute Gasteiger partial charge is 0.260 e. The first kappa shape index (κ1) is 24.3. The molecule has 1 aromatic carbocycles. The summed E-state index contributed by atoms with van der Waals surface area (Å²) in [7, 11) is 5.83. The fourth-order valence-corrected chi connectivity index (χ4v) is 4.89. The predicted octanol–water partition coefficient (Wildman–Crippen LogP) is 4.10. The number of nitrogens with one attached hydrogen (secondary N) is 2. The van der Waals surface area contributed by atoms with Crippen LogP contribution < -0.4 is 14.8 Å². The zero-order valence-corrected chi connectivity index (χ0v) is 20.9. The maximum absolute atomic E-state index is 11.0. The Labute approximate surface area is 202 Å². The van der Waals surface area contributed by atoms with Crippen molar-refractivity contribution in [3.63, 3.8) is 0 Å². The first-order chi connectivity index (χ1) is 16.4. The second-order valence-electron chi connectivity index (χ2n) is 8.84. The van der Waals surface area contributed by atoms with E-state index < -0.39 is 11.3 Å². The number of aromatic nitrogens is 3. The molecule has 9 nitrogen and oxygen atoms in total. The summed E-state index contributed by atoms with van der Waals surface area (Å²) >= 11 is -2.20. The highest BCUT2D eigenvalue weighted by molar-refractivity contribution is 7.80. The number of hydrogen-bond acceptors (Lipinski definition) is 7. The summed E-state index contributed by atoms with van der Waals surface area (Å²) in [6.45, 7) is 2.11. The van der Waals surface area contributed by atoms with Crippen molar-refractivity contribution < 1.29 is 13.5 Å². The normalized spacial score (nSPS) is 19.2. The molecule has 3 N–H and O–H groups in total. The Bertz CT molecular complexity index is 1180. The van der Waals surface area contributed by atoms with Gasteiger partial charge in [0.1, 0.15) is 5.82 Å². The minimum Gasteiger partial charge on any atom is -0.480 e. The Balaban J connectivity index is 1.61. The maximum Gasteiger partial charge on any atom is 0.260 e. The molecule has 0 saturated heterocycles. The molecular weight excluding hydrogens is 452 g/mol. The van der Waals surface area contributed by atoms with Gasteiger partial charge in [0, 0.05) is 29.2 Å². The van der Waals surface area contributed by atoms with Crippen molar-refractivity contribution in [3.8, 4) is 17.0 Å². The molecule has 1 saturated carbocycles. The highest BCUT2D eigenvalue weighted by Crippen LogP contribution is 2.34. The summed E-state index contributed by atoms with van der Waals surface area (Å²) < 4.78 is 27.9. The molecule has 1 aliphatic carbocycles. The van der Waals surface area contributed by atoms with E-state index in [0.29, 0.717) is 23.9 Å². The monoisotopic (exact) mass is 484 g/mol. The summed E-state index contributed by atoms with van der Waals surface area (Å²) in [5, 5.41) is 4.49. The average Bonchev–Trinajstić information content (AvgIpc) is 2.83. The SMILES string of the molecule is CCc1cc(-c2ccc(NS(=O)O)nc2OC)cc2cnc(NC3CCC(N(C)C)CC3)nc12. The van der Waals surface area contributed by atoms with Crippen LogP contribution in [0, 0.1) is 0 Å². The van der Waals surface area contributed by atoms with E-state index in [-0.39, 0.29) is 5.82 Å². The molecule has 1 unspecified atom stereocenters. The average molecular weight is 485 g/mol. The lowest BCUT2D eigenvalue weighted by Gasteiger charge is -2.32. The van der Waals surface area contributed by atoms with Gasteiger partial charge in [0.05, 0.1) is 12.6 Å². The number of anilines is 2. The van der Waals surface area contributed by atoms with E-state index >= 15 is 0 Å². The van der Waals surface area contributed by atoms with E-state index in [2.05, 4.69) is 52.0 Å². The van der Waals surface area contributed by atoms with Crippen LogP contribution in [0.4, 0.5) is 11.8 Å². The second kappa shape index (κ2) is 10.6. The van der Waals surface area contributed by atoms with Gasteiger partial charge in [-0.1, -0.05) is 6.92 Å². The van der Waals surface area contributed by atoms with E-state index in [0.717, 1.165) is 46.9 Å². The van der Waals surface area contributed by atoms with E-state index in [4.69, 9.17) is 14.3 Å². The van der Waals surface area contributed by atoms with Crippen molar-refractivity contribution in [3.05, 3.63) is 36.0 Å². The number of benzene rings is 1. The minimum absolute atomic E-state index is 0.261. The third-order valence-electron chi connectivity index (χ3n) is 6.46. The third kappa shape index (κ3) is 5.45. The Hall–Kier alpha value is -2.82. The van der Waals surface area contributed by atoms with E-state index in [1.807, 2.05) is 18.3 Å². The number of rotatable bonds is 8. The van der Waals surface area contributed by atoms with Crippen molar-refractivity contribution in [1.82, 2.24) is 19.9 Å². The number of hydrogen-bond donors (Lipinski definition) is 3. The Kier molecular flexibility index (Phi) is 7.60. The van der Waals surface area contributed by atoms with Crippen molar-refractivity contribution in [2.24, 2.45) is 0 Å². The van der Waals surface area contributed by atoms with Gasteiger partial charge in [-0.15, -0.1) is 0 Å². The zero-order chi connectivity index (χ0) is 24.2. The van der Waals surface area contributed by atoms with Crippen LogP contribution in [0.3, 0.4) is 0 Å². The molecular formula is C24H32N6O3S. The zero-order valence-electron chi connectivity index (χ0n) is 20.0. The first-order valence-corrected chi connectivity index (χ1v) is 12.6. The molecule has 0 radical (unpaired) electrons. The topological polar surface area (TPSA) is 112 Å².